The highest BCUT2D eigenvalue weighted by molar-refractivity contribution is 14.1. The van der Waals surface area contributed by atoms with Gasteiger partial charge in [0.05, 0.1) is 0 Å². The van der Waals surface area contributed by atoms with E-state index in [0.717, 1.165) is 22.2 Å². The lowest BCUT2D eigenvalue weighted by Gasteiger charge is -2.56. The second-order valence-electron chi connectivity index (χ2n) is 7.68. The van der Waals surface area contributed by atoms with E-state index in [9.17, 15) is 4.79 Å². The highest BCUT2D eigenvalue weighted by atomic mass is 127. The van der Waals surface area contributed by atoms with E-state index in [0.29, 0.717) is 17.9 Å². The van der Waals surface area contributed by atoms with Gasteiger partial charge in [-0.3, -0.25) is 4.79 Å². The third kappa shape index (κ3) is 2.56. The van der Waals surface area contributed by atoms with Gasteiger partial charge in [-0.15, -0.1) is 0 Å². The van der Waals surface area contributed by atoms with E-state index in [1.807, 2.05) is 0 Å². The van der Waals surface area contributed by atoms with Crippen LogP contribution in [0.3, 0.4) is 0 Å². The number of carbonyl (C=O) groups excluding carboxylic acids is 1. The van der Waals surface area contributed by atoms with Gasteiger partial charge in [0.2, 0.25) is 5.91 Å². The minimum Gasteiger partial charge on any atom is -0.352 e. The number of rotatable bonds is 4. The van der Waals surface area contributed by atoms with E-state index in [-0.39, 0.29) is 5.41 Å². The van der Waals surface area contributed by atoms with E-state index in [2.05, 4.69) is 41.8 Å². The summed E-state index contributed by atoms with van der Waals surface area (Å²) in [5.74, 6) is 3.49. The molecular weight excluding hydrogens is 349 g/mol. The van der Waals surface area contributed by atoms with Gasteiger partial charge in [0, 0.05) is 15.9 Å². The molecule has 4 rings (SSSR count). The molecule has 4 fully saturated rings. The fourth-order valence-electron chi connectivity index (χ4n) is 5.09. The zero-order valence-electron chi connectivity index (χ0n) is 12.1. The number of hydrogen-bond donors (Lipinski definition) is 1. The average molecular weight is 375 g/mol. The molecule has 108 valence electrons. The molecule has 1 unspecified atom stereocenters. The first-order valence-corrected chi connectivity index (χ1v) is 9.42. The van der Waals surface area contributed by atoms with E-state index in [1.54, 1.807) is 0 Å². The van der Waals surface area contributed by atoms with E-state index < -0.39 is 0 Å². The standard InChI is InChI=1S/C16H26INO/c1-10(2)14(9-17)18-15(19)16-6-11-3-12(7-16)5-13(4-11)8-16/h10-14H,3-9H2,1-2H3,(H,18,19). The molecule has 1 atom stereocenters. The first-order chi connectivity index (χ1) is 9.02. The molecule has 4 aliphatic carbocycles. The molecule has 0 heterocycles. The molecule has 0 aromatic rings. The molecule has 0 spiro atoms. The molecule has 4 aliphatic rings. The number of halogens is 1. The largest absolute Gasteiger partial charge is 0.352 e. The molecule has 0 radical (unpaired) electrons. The lowest BCUT2D eigenvalue weighted by molar-refractivity contribution is -0.147. The molecule has 19 heavy (non-hydrogen) atoms. The van der Waals surface area contributed by atoms with Crippen LogP contribution in [0.15, 0.2) is 0 Å². The molecule has 4 saturated carbocycles. The van der Waals surface area contributed by atoms with Gasteiger partial charge in [0.1, 0.15) is 0 Å². The Bertz CT molecular complexity index is 330. The van der Waals surface area contributed by atoms with Gasteiger partial charge >= 0.3 is 0 Å². The predicted molar refractivity (Wildman–Crippen MR) is 86.3 cm³/mol. The number of hydrogen-bond acceptors (Lipinski definition) is 1. The van der Waals surface area contributed by atoms with Crippen molar-refractivity contribution in [1.29, 1.82) is 0 Å². The van der Waals surface area contributed by atoms with Gasteiger partial charge < -0.3 is 5.32 Å². The van der Waals surface area contributed by atoms with Crippen molar-refractivity contribution in [2.45, 2.75) is 58.4 Å². The molecule has 2 nitrogen and oxygen atoms in total. The third-order valence-electron chi connectivity index (χ3n) is 5.81. The van der Waals surface area contributed by atoms with Crippen LogP contribution in [-0.4, -0.2) is 16.4 Å². The minimum absolute atomic E-state index is 0.0215. The molecule has 1 N–H and O–H groups in total. The lowest BCUT2D eigenvalue weighted by Crippen LogP contribution is -2.56. The van der Waals surface area contributed by atoms with Crippen molar-refractivity contribution in [3.63, 3.8) is 0 Å². The Hall–Kier alpha value is 0.200. The molecular formula is C16H26INO. The first kappa shape index (κ1) is 14.2. The van der Waals surface area contributed by atoms with Crippen molar-refractivity contribution in [3.8, 4) is 0 Å². The van der Waals surface area contributed by atoms with Gasteiger partial charge in [-0.25, -0.2) is 0 Å². The Balaban J connectivity index is 1.72. The third-order valence-corrected chi connectivity index (χ3v) is 6.76. The maximum absolute atomic E-state index is 12.9. The fraction of sp³-hybridized carbons (Fsp3) is 0.938. The summed E-state index contributed by atoms with van der Waals surface area (Å²) in [5, 5.41) is 3.38. The van der Waals surface area contributed by atoms with Crippen molar-refractivity contribution in [3.05, 3.63) is 0 Å². The Labute approximate surface area is 130 Å². The molecule has 4 bridgehead atoms. The first-order valence-electron chi connectivity index (χ1n) is 7.89. The highest BCUT2D eigenvalue weighted by Gasteiger charge is 2.54. The summed E-state index contributed by atoms with van der Waals surface area (Å²) in [7, 11) is 0. The van der Waals surface area contributed by atoms with Gasteiger partial charge in [0.25, 0.3) is 0 Å². The summed E-state index contributed by atoms with van der Waals surface area (Å²) >= 11 is 2.40. The Morgan fingerprint density at radius 1 is 1.16 bits per heavy atom. The average Bonchev–Trinajstić information content (AvgIpc) is 2.33. The Morgan fingerprint density at radius 2 is 1.63 bits per heavy atom. The second kappa shape index (κ2) is 5.19. The second-order valence-corrected chi connectivity index (χ2v) is 8.56. The topological polar surface area (TPSA) is 29.1 Å². The SMILES string of the molecule is CC(C)C(CI)NC(=O)C12CC3CC(CC(C3)C1)C2. The summed E-state index contributed by atoms with van der Waals surface area (Å²) in [4.78, 5) is 12.9. The van der Waals surface area contributed by atoms with Crippen LogP contribution in [0.4, 0.5) is 0 Å². The number of nitrogens with one attached hydrogen (secondary N) is 1. The highest BCUT2D eigenvalue weighted by Crippen LogP contribution is 2.60. The van der Waals surface area contributed by atoms with Crippen LogP contribution in [0.1, 0.15) is 52.4 Å². The van der Waals surface area contributed by atoms with Gasteiger partial charge in [-0.1, -0.05) is 36.4 Å². The zero-order chi connectivity index (χ0) is 13.6. The van der Waals surface area contributed by atoms with E-state index >= 15 is 0 Å². The smallest absolute Gasteiger partial charge is 0.226 e. The number of alkyl halides is 1. The predicted octanol–water partition coefficient (Wildman–Crippen LogP) is 3.78. The summed E-state index contributed by atoms with van der Waals surface area (Å²) in [6, 6.07) is 0.348. The Kier molecular flexibility index (Phi) is 3.87. The van der Waals surface area contributed by atoms with Crippen molar-refractivity contribution >= 4 is 28.5 Å². The van der Waals surface area contributed by atoms with Crippen molar-refractivity contribution in [2.75, 3.05) is 4.43 Å². The Morgan fingerprint density at radius 3 is 2.00 bits per heavy atom. The fourth-order valence-corrected chi connectivity index (χ4v) is 6.33. The number of amides is 1. The molecule has 0 saturated heterocycles. The molecule has 0 aromatic carbocycles. The summed E-state index contributed by atoms with van der Waals surface area (Å²) < 4.78 is 1.02. The zero-order valence-corrected chi connectivity index (χ0v) is 14.3. The molecule has 3 heteroatoms. The summed E-state index contributed by atoms with van der Waals surface area (Å²) in [6.07, 6.45) is 7.76. The van der Waals surface area contributed by atoms with Crippen LogP contribution in [0.25, 0.3) is 0 Å². The van der Waals surface area contributed by atoms with Crippen molar-refractivity contribution in [2.24, 2.45) is 29.1 Å². The van der Waals surface area contributed by atoms with Crippen molar-refractivity contribution < 1.29 is 4.79 Å². The quantitative estimate of drug-likeness (QED) is 0.588. The normalized spacial score (nSPS) is 41.6. The van der Waals surface area contributed by atoms with Gasteiger partial charge in [-0.05, 0) is 62.2 Å². The molecule has 0 aliphatic heterocycles. The van der Waals surface area contributed by atoms with Crippen LogP contribution in [0.5, 0.6) is 0 Å². The molecule has 0 aromatic heterocycles. The summed E-state index contributed by atoms with van der Waals surface area (Å²) in [6.45, 7) is 4.42. The van der Waals surface area contributed by atoms with Crippen LogP contribution in [0.2, 0.25) is 0 Å². The van der Waals surface area contributed by atoms with Crippen LogP contribution >= 0.6 is 22.6 Å². The van der Waals surface area contributed by atoms with E-state index in [1.165, 1.54) is 38.5 Å². The maximum Gasteiger partial charge on any atom is 0.226 e. The van der Waals surface area contributed by atoms with Crippen molar-refractivity contribution in [1.82, 2.24) is 5.32 Å². The van der Waals surface area contributed by atoms with Crippen LogP contribution in [-0.2, 0) is 4.79 Å². The maximum atomic E-state index is 12.9. The van der Waals surface area contributed by atoms with Crippen LogP contribution < -0.4 is 5.32 Å². The lowest BCUT2D eigenvalue weighted by atomic mass is 9.49. The number of carbonyl (C=O) groups is 1. The monoisotopic (exact) mass is 375 g/mol. The minimum atomic E-state index is 0.0215. The summed E-state index contributed by atoms with van der Waals surface area (Å²) in [5.41, 5.74) is 0.0215. The van der Waals surface area contributed by atoms with E-state index in [4.69, 9.17) is 0 Å². The molecule has 1 amide bonds. The van der Waals surface area contributed by atoms with Gasteiger partial charge in [0.15, 0.2) is 0 Å². The van der Waals surface area contributed by atoms with Gasteiger partial charge in [-0.2, -0.15) is 0 Å². The van der Waals surface area contributed by atoms with Crippen LogP contribution in [0, 0.1) is 29.1 Å².